The summed E-state index contributed by atoms with van der Waals surface area (Å²) in [5, 5.41) is 0. The number of carbonyl (C=O) groups is 1. The van der Waals surface area contributed by atoms with Crippen molar-refractivity contribution in [1.82, 2.24) is 0 Å². The van der Waals surface area contributed by atoms with E-state index in [1.54, 1.807) is 7.11 Å². The molecule has 4 aromatic rings. The summed E-state index contributed by atoms with van der Waals surface area (Å²) >= 11 is 0. The topological polar surface area (TPSA) is 57.3 Å². The lowest BCUT2D eigenvalue weighted by molar-refractivity contribution is -0.140. The van der Waals surface area contributed by atoms with Crippen LogP contribution in [-0.2, 0) is 31.2 Å². The first kappa shape index (κ1) is 24.6. The summed E-state index contributed by atoms with van der Waals surface area (Å²) in [6.07, 6.45) is -1.17. The van der Waals surface area contributed by atoms with Crippen LogP contribution in [0.15, 0.2) is 115 Å². The van der Waals surface area contributed by atoms with E-state index in [1.807, 2.05) is 91.0 Å². The highest BCUT2D eigenvalue weighted by Crippen LogP contribution is 2.49. The number of benzene rings is 4. The quantitative estimate of drug-likeness (QED) is 0.208. The average Bonchev–Trinajstić information content (AvgIpc) is 3.74. The van der Waals surface area contributed by atoms with Gasteiger partial charge in [0.25, 0.3) is 0 Å². The van der Waals surface area contributed by atoms with Gasteiger partial charge in [0.05, 0.1) is 26.2 Å². The number of hydrogen-bond donors (Lipinski definition) is 0. The molecule has 1 saturated carbocycles. The first-order valence-electron chi connectivity index (χ1n) is 12.9. The van der Waals surface area contributed by atoms with Crippen LogP contribution in [0.2, 0.25) is 0 Å². The molecule has 0 amide bonds. The maximum atomic E-state index is 13.3. The highest BCUT2D eigenvalue weighted by molar-refractivity contribution is 5.92. The van der Waals surface area contributed by atoms with Crippen molar-refractivity contribution in [2.75, 3.05) is 13.7 Å². The predicted molar refractivity (Wildman–Crippen MR) is 144 cm³/mol. The van der Waals surface area contributed by atoms with Crippen LogP contribution in [0, 0.1) is 5.92 Å². The third-order valence-corrected chi connectivity index (χ3v) is 7.47. The van der Waals surface area contributed by atoms with Gasteiger partial charge in [-0.3, -0.25) is 4.79 Å². The third kappa shape index (κ3) is 4.54. The maximum Gasteiger partial charge on any atom is 0.172 e. The van der Waals surface area contributed by atoms with Crippen LogP contribution in [0.5, 0.6) is 5.75 Å². The highest BCUT2D eigenvalue weighted by Gasteiger charge is 2.64. The number of ketones is 1. The van der Waals surface area contributed by atoms with Gasteiger partial charge >= 0.3 is 0 Å². The average molecular weight is 507 g/mol. The van der Waals surface area contributed by atoms with Crippen LogP contribution in [0.1, 0.15) is 22.3 Å². The van der Waals surface area contributed by atoms with Gasteiger partial charge in [0.15, 0.2) is 5.78 Å². The molecule has 1 heterocycles. The van der Waals surface area contributed by atoms with E-state index in [2.05, 4.69) is 24.3 Å². The van der Waals surface area contributed by atoms with Gasteiger partial charge in [0, 0.05) is 0 Å². The molecule has 1 aliphatic carbocycles. The van der Waals surface area contributed by atoms with Crippen LogP contribution in [-0.4, -0.2) is 37.8 Å². The zero-order valence-electron chi connectivity index (χ0n) is 21.2. The minimum Gasteiger partial charge on any atom is -0.497 e. The van der Waals surface area contributed by atoms with Crippen molar-refractivity contribution >= 4 is 5.78 Å². The van der Waals surface area contributed by atoms with E-state index in [4.69, 9.17) is 18.9 Å². The number of ether oxygens (including phenoxy) is 4. The predicted octanol–water partition coefficient (Wildman–Crippen LogP) is 5.56. The Balaban J connectivity index is 1.39. The lowest BCUT2D eigenvalue weighted by atomic mass is 9.79. The molecule has 0 aromatic heterocycles. The molecule has 0 N–H and O–H groups in total. The highest BCUT2D eigenvalue weighted by atomic mass is 16.6. The molecule has 1 saturated heterocycles. The van der Waals surface area contributed by atoms with Gasteiger partial charge in [-0.2, -0.15) is 0 Å². The second-order valence-electron chi connectivity index (χ2n) is 9.76. The van der Waals surface area contributed by atoms with Gasteiger partial charge in [0.1, 0.15) is 29.7 Å². The summed E-state index contributed by atoms with van der Waals surface area (Å²) in [6, 6.07) is 38.2. The molecule has 4 atom stereocenters. The summed E-state index contributed by atoms with van der Waals surface area (Å²) in [4.78, 5) is 13.3. The van der Waals surface area contributed by atoms with Crippen molar-refractivity contribution in [2.45, 2.75) is 30.5 Å². The summed E-state index contributed by atoms with van der Waals surface area (Å²) in [7, 11) is 1.65. The number of epoxide rings is 1. The van der Waals surface area contributed by atoms with Crippen molar-refractivity contribution in [3.63, 3.8) is 0 Å². The molecule has 2 aliphatic rings. The molecule has 192 valence electrons. The Morgan fingerprint density at radius 1 is 0.737 bits per heavy atom. The summed E-state index contributed by atoms with van der Waals surface area (Å²) in [6.45, 7) is 0.714. The van der Waals surface area contributed by atoms with Crippen molar-refractivity contribution in [3.8, 4) is 5.75 Å². The van der Waals surface area contributed by atoms with Gasteiger partial charge in [-0.25, -0.2) is 0 Å². The van der Waals surface area contributed by atoms with Crippen LogP contribution >= 0.6 is 0 Å². The largest absolute Gasteiger partial charge is 0.497 e. The Hall–Kier alpha value is -3.77. The summed E-state index contributed by atoms with van der Waals surface area (Å²) < 4.78 is 24.5. The first-order chi connectivity index (χ1) is 18.7. The lowest BCUT2D eigenvalue weighted by Gasteiger charge is -2.39. The number of hydrogen-bond acceptors (Lipinski definition) is 5. The number of rotatable bonds is 10. The fraction of sp³-hybridized carbons (Fsp3) is 0.242. The number of Topliss-reactive ketones (excluding diaryl/α,β-unsaturated/α-hetero) is 1. The molecule has 1 aliphatic heterocycles. The maximum absolute atomic E-state index is 13.3. The number of fused-ring (bicyclic) bond motifs is 1. The monoisotopic (exact) mass is 506 g/mol. The van der Waals surface area contributed by atoms with Gasteiger partial charge in [-0.15, -0.1) is 0 Å². The fourth-order valence-corrected chi connectivity index (χ4v) is 5.49. The Kier molecular flexibility index (Phi) is 6.81. The third-order valence-electron chi connectivity index (χ3n) is 7.47. The molecule has 0 spiro atoms. The van der Waals surface area contributed by atoms with Crippen LogP contribution in [0.25, 0.3) is 0 Å². The zero-order chi connectivity index (χ0) is 26.0. The summed E-state index contributed by atoms with van der Waals surface area (Å²) in [5.74, 6) is 0.392. The molecule has 38 heavy (non-hydrogen) atoms. The van der Waals surface area contributed by atoms with Gasteiger partial charge < -0.3 is 18.9 Å². The minimum atomic E-state index is -0.974. The molecule has 6 rings (SSSR count). The van der Waals surface area contributed by atoms with Gasteiger partial charge in [-0.1, -0.05) is 103 Å². The van der Waals surface area contributed by atoms with Crippen LogP contribution in [0.4, 0.5) is 0 Å². The van der Waals surface area contributed by atoms with Crippen molar-refractivity contribution in [2.24, 2.45) is 5.92 Å². The molecular weight excluding hydrogens is 476 g/mol. The van der Waals surface area contributed by atoms with E-state index in [1.165, 1.54) is 0 Å². The SMILES string of the molecule is COc1ccc(C(O[C@@H]2[C@H]3O[C@H]3C(=O)[C@H]2COCc2ccccc2)(c2ccccc2)c2ccccc2)cc1. The molecule has 2 fully saturated rings. The van der Waals surface area contributed by atoms with E-state index in [9.17, 15) is 4.79 Å². The molecule has 5 nitrogen and oxygen atoms in total. The lowest BCUT2D eigenvalue weighted by Crippen LogP contribution is -2.42. The van der Waals surface area contributed by atoms with E-state index in [-0.39, 0.29) is 18.5 Å². The number of carbonyl (C=O) groups excluding carboxylic acids is 1. The first-order valence-corrected chi connectivity index (χ1v) is 12.9. The molecule has 0 radical (unpaired) electrons. The second kappa shape index (κ2) is 10.5. The molecule has 5 heteroatoms. The normalized spacial score (nSPS) is 22.2. The van der Waals surface area contributed by atoms with E-state index in [0.29, 0.717) is 6.61 Å². The van der Waals surface area contributed by atoms with Crippen LogP contribution < -0.4 is 4.74 Å². The van der Waals surface area contributed by atoms with Gasteiger partial charge in [-0.05, 0) is 34.4 Å². The molecule has 0 unspecified atom stereocenters. The van der Waals surface area contributed by atoms with E-state index in [0.717, 1.165) is 28.0 Å². The molecule has 0 bridgehead atoms. The van der Waals surface area contributed by atoms with Crippen molar-refractivity contribution < 1.29 is 23.7 Å². The zero-order valence-corrected chi connectivity index (χ0v) is 21.2. The Morgan fingerprint density at radius 2 is 1.29 bits per heavy atom. The smallest absolute Gasteiger partial charge is 0.172 e. The van der Waals surface area contributed by atoms with Crippen molar-refractivity contribution in [3.05, 3.63) is 138 Å². The van der Waals surface area contributed by atoms with Crippen molar-refractivity contribution in [1.29, 1.82) is 0 Å². The van der Waals surface area contributed by atoms with E-state index >= 15 is 0 Å². The second-order valence-corrected chi connectivity index (χ2v) is 9.76. The minimum absolute atomic E-state index is 0.0535. The number of methoxy groups -OCH3 is 1. The standard InChI is InChI=1S/C33H30O5/c1-35-27-19-17-26(18-20-27)33(24-13-7-3-8-14-24,25-15-9-4-10-16-25)38-30-28(29(34)31-32(30)37-31)22-36-21-23-11-5-2-6-12-23/h2-20,28,30-32H,21-22H2,1H3/t28-,30+,31+,32-/m1/s1. The Bertz CT molecular complexity index is 1320. The molecular formula is C33H30O5. The Morgan fingerprint density at radius 3 is 1.87 bits per heavy atom. The van der Waals surface area contributed by atoms with E-state index < -0.39 is 23.7 Å². The van der Waals surface area contributed by atoms with Crippen LogP contribution in [0.3, 0.4) is 0 Å². The Labute approximate surface area is 222 Å². The molecule has 4 aromatic carbocycles. The van der Waals surface area contributed by atoms with Gasteiger partial charge in [0.2, 0.25) is 0 Å². The fourth-order valence-electron chi connectivity index (χ4n) is 5.49. The summed E-state index contributed by atoms with van der Waals surface area (Å²) in [5.41, 5.74) is 2.97.